The Bertz CT molecular complexity index is 575. The molecule has 4 nitrogen and oxygen atoms in total. The fourth-order valence-corrected chi connectivity index (χ4v) is 3.91. The zero-order valence-corrected chi connectivity index (χ0v) is 18.1. The van der Waals surface area contributed by atoms with Gasteiger partial charge in [-0.2, -0.15) is 0 Å². The van der Waals surface area contributed by atoms with Gasteiger partial charge in [0.15, 0.2) is 5.96 Å². The molecule has 1 aromatic carbocycles. The molecule has 25 heavy (non-hydrogen) atoms. The molecule has 0 radical (unpaired) electrons. The highest BCUT2D eigenvalue weighted by atomic mass is 127. The number of aliphatic imine (C=N–C) groups is 1. The quantitative estimate of drug-likeness (QED) is 0.391. The van der Waals surface area contributed by atoms with Gasteiger partial charge in [0, 0.05) is 24.5 Å². The molecule has 1 saturated carbocycles. The average Bonchev–Trinajstić information content (AvgIpc) is 3.18. The molecule has 3 atom stereocenters. The lowest BCUT2D eigenvalue weighted by Gasteiger charge is -2.21. The van der Waals surface area contributed by atoms with Crippen LogP contribution in [0.1, 0.15) is 50.2 Å². The van der Waals surface area contributed by atoms with E-state index in [1.807, 2.05) is 0 Å². The van der Waals surface area contributed by atoms with E-state index in [4.69, 9.17) is 4.99 Å². The number of likely N-dealkylation sites (N-methyl/N-ethyl adjacent to an activating group) is 1. The SMILES string of the molecule is CCNC(=NCC1CCCN1CC)NC1CC1c1ccccc1C.I. The summed E-state index contributed by atoms with van der Waals surface area (Å²) < 4.78 is 0. The maximum absolute atomic E-state index is 4.88. The van der Waals surface area contributed by atoms with Crippen molar-refractivity contribution in [1.82, 2.24) is 15.5 Å². The summed E-state index contributed by atoms with van der Waals surface area (Å²) in [4.78, 5) is 7.43. The number of likely N-dealkylation sites (tertiary alicyclic amines) is 1. The van der Waals surface area contributed by atoms with E-state index in [1.54, 1.807) is 0 Å². The van der Waals surface area contributed by atoms with Crippen LogP contribution in [0.2, 0.25) is 0 Å². The number of benzene rings is 1. The maximum atomic E-state index is 4.88. The third-order valence-corrected chi connectivity index (χ3v) is 5.41. The molecule has 0 amide bonds. The van der Waals surface area contributed by atoms with Gasteiger partial charge in [-0.3, -0.25) is 9.89 Å². The van der Waals surface area contributed by atoms with E-state index < -0.39 is 0 Å². The first kappa shape index (κ1) is 20.5. The predicted molar refractivity (Wildman–Crippen MR) is 117 cm³/mol. The average molecular weight is 456 g/mol. The van der Waals surface area contributed by atoms with Crippen LogP contribution in [-0.4, -0.2) is 49.1 Å². The fourth-order valence-electron chi connectivity index (χ4n) is 3.91. The number of nitrogens with zero attached hydrogens (tertiary/aromatic N) is 2. The van der Waals surface area contributed by atoms with Crippen LogP contribution in [0.4, 0.5) is 0 Å². The summed E-state index contributed by atoms with van der Waals surface area (Å²) >= 11 is 0. The number of aryl methyl sites for hydroxylation is 1. The molecule has 0 spiro atoms. The minimum Gasteiger partial charge on any atom is -0.357 e. The van der Waals surface area contributed by atoms with Gasteiger partial charge >= 0.3 is 0 Å². The van der Waals surface area contributed by atoms with E-state index in [1.165, 1.54) is 36.9 Å². The Kier molecular flexibility index (Phi) is 8.00. The summed E-state index contributed by atoms with van der Waals surface area (Å²) in [7, 11) is 0. The number of nitrogens with one attached hydrogen (secondary N) is 2. The number of rotatable bonds is 6. The molecule has 1 aliphatic carbocycles. The van der Waals surface area contributed by atoms with Crippen molar-refractivity contribution in [3.05, 3.63) is 35.4 Å². The van der Waals surface area contributed by atoms with Crippen molar-refractivity contribution in [2.45, 2.75) is 58.0 Å². The summed E-state index contributed by atoms with van der Waals surface area (Å²) in [6.45, 7) is 10.8. The van der Waals surface area contributed by atoms with E-state index in [9.17, 15) is 0 Å². The van der Waals surface area contributed by atoms with Crippen LogP contribution >= 0.6 is 24.0 Å². The number of guanidine groups is 1. The molecule has 1 aromatic rings. The maximum Gasteiger partial charge on any atom is 0.191 e. The standard InChI is InChI=1S/C20H32N4.HI/c1-4-21-20(22-14-16-10-8-12-24(16)5-2)23-19-13-18(19)17-11-7-6-9-15(17)3;/h6-7,9,11,16,18-19H,4-5,8,10,12-14H2,1-3H3,(H2,21,22,23);1H. The Balaban J connectivity index is 0.00000225. The molecule has 2 N–H and O–H groups in total. The second-order valence-electron chi connectivity index (χ2n) is 7.09. The van der Waals surface area contributed by atoms with Gasteiger partial charge in [0.1, 0.15) is 0 Å². The molecule has 3 unspecified atom stereocenters. The third kappa shape index (κ3) is 5.33. The summed E-state index contributed by atoms with van der Waals surface area (Å²) in [6.07, 6.45) is 3.81. The van der Waals surface area contributed by atoms with Crippen molar-refractivity contribution in [3.63, 3.8) is 0 Å². The second kappa shape index (κ2) is 9.76. The summed E-state index contributed by atoms with van der Waals surface area (Å²) in [6, 6.07) is 9.89. The van der Waals surface area contributed by atoms with Crippen LogP contribution in [0.5, 0.6) is 0 Å². The van der Waals surface area contributed by atoms with Crippen molar-refractivity contribution < 1.29 is 0 Å². The number of hydrogen-bond donors (Lipinski definition) is 2. The Hall–Kier alpha value is -0.820. The highest BCUT2D eigenvalue weighted by Gasteiger charge is 2.39. The Morgan fingerprint density at radius 1 is 1.28 bits per heavy atom. The molecule has 0 bridgehead atoms. The molecule has 140 valence electrons. The first-order chi connectivity index (χ1) is 11.7. The topological polar surface area (TPSA) is 39.7 Å². The monoisotopic (exact) mass is 456 g/mol. The van der Waals surface area contributed by atoms with Crippen LogP contribution in [0, 0.1) is 6.92 Å². The van der Waals surface area contributed by atoms with Gasteiger partial charge in [-0.1, -0.05) is 31.2 Å². The zero-order chi connectivity index (χ0) is 16.9. The molecule has 1 heterocycles. The first-order valence-corrected chi connectivity index (χ1v) is 9.57. The fraction of sp³-hybridized carbons (Fsp3) is 0.650. The molecular formula is C20H33IN4. The number of halogens is 1. The first-order valence-electron chi connectivity index (χ1n) is 9.57. The van der Waals surface area contributed by atoms with Gasteiger partial charge in [0.05, 0.1) is 6.54 Å². The van der Waals surface area contributed by atoms with Crippen molar-refractivity contribution >= 4 is 29.9 Å². The smallest absolute Gasteiger partial charge is 0.191 e. The largest absolute Gasteiger partial charge is 0.357 e. The normalized spacial score (nSPS) is 26.2. The van der Waals surface area contributed by atoms with Crippen LogP contribution in [-0.2, 0) is 0 Å². The predicted octanol–water partition coefficient (Wildman–Crippen LogP) is 3.51. The highest BCUT2D eigenvalue weighted by molar-refractivity contribution is 14.0. The minimum atomic E-state index is 0. The molecule has 5 heteroatoms. The van der Waals surface area contributed by atoms with Crippen molar-refractivity contribution in [1.29, 1.82) is 0 Å². The van der Waals surface area contributed by atoms with Gasteiger partial charge in [-0.25, -0.2) is 0 Å². The lowest BCUT2D eigenvalue weighted by Crippen LogP contribution is -2.40. The third-order valence-electron chi connectivity index (χ3n) is 5.41. The zero-order valence-electron chi connectivity index (χ0n) is 15.8. The Labute approximate surface area is 169 Å². The number of hydrogen-bond acceptors (Lipinski definition) is 2. The summed E-state index contributed by atoms with van der Waals surface area (Å²) in [5.74, 6) is 1.62. The second-order valence-corrected chi connectivity index (χ2v) is 7.09. The van der Waals surface area contributed by atoms with Crippen molar-refractivity contribution in [3.8, 4) is 0 Å². The van der Waals surface area contributed by atoms with Crippen LogP contribution < -0.4 is 10.6 Å². The van der Waals surface area contributed by atoms with Crippen LogP contribution in [0.25, 0.3) is 0 Å². The van der Waals surface area contributed by atoms with Crippen LogP contribution in [0.15, 0.2) is 29.3 Å². The lowest BCUT2D eigenvalue weighted by atomic mass is 10.0. The van der Waals surface area contributed by atoms with Gasteiger partial charge in [-0.05, 0) is 57.3 Å². The highest BCUT2D eigenvalue weighted by Crippen LogP contribution is 2.42. The molecule has 3 rings (SSSR count). The van der Waals surface area contributed by atoms with Gasteiger partial charge in [0.25, 0.3) is 0 Å². The van der Waals surface area contributed by atoms with Gasteiger partial charge < -0.3 is 10.6 Å². The summed E-state index contributed by atoms with van der Waals surface area (Å²) in [5, 5.41) is 7.06. The lowest BCUT2D eigenvalue weighted by molar-refractivity contribution is 0.273. The molecule has 1 saturated heterocycles. The molecule has 1 aliphatic heterocycles. The van der Waals surface area contributed by atoms with Crippen molar-refractivity contribution in [2.75, 3.05) is 26.2 Å². The Morgan fingerprint density at radius 2 is 2.08 bits per heavy atom. The Morgan fingerprint density at radius 3 is 2.80 bits per heavy atom. The van der Waals surface area contributed by atoms with Gasteiger partial charge in [0.2, 0.25) is 0 Å². The molecule has 2 aliphatic rings. The van der Waals surface area contributed by atoms with E-state index in [0.29, 0.717) is 18.0 Å². The van der Waals surface area contributed by atoms with Crippen molar-refractivity contribution in [2.24, 2.45) is 4.99 Å². The molecular weight excluding hydrogens is 423 g/mol. The van der Waals surface area contributed by atoms with E-state index in [2.05, 4.69) is 60.6 Å². The van der Waals surface area contributed by atoms with Gasteiger partial charge in [-0.15, -0.1) is 24.0 Å². The van der Waals surface area contributed by atoms with E-state index >= 15 is 0 Å². The minimum absolute atomic E-state index is 0. The molecule has 0 aromatic heterocycles. The van der Waals surface area contributed by atoms with E-state index in [-0.39, 0.29) is 24.0 Å². The van der Waals surface area contributed by atoms with E-state index in [0.717, 1.165) is 25.6 Å². The summed E-state index contributed by atoms with van der Waals surface area (Å²) in [5.41, 5.74) is 2.89. The van der Waals surface area contributed by atoms with Crippen LogP contribution in [0.3, 0.4) is 0 Å². The molecule has 2 fully saturated rings.